The van der Waals surface area contributed by atoms with Gasteiger partial charge in [0.05, 0.1) is 37.9 Å². The minimum atomic E-state index is -4.36. The molecule has 9 nitrogen and oxygen atoms in total. The van der Waals surface area contributed by atoms with Gasteiger partial charge in [0.1, 0.15) is 0 Å². The van der Waals surface area contributed by atoms with Crippen molar-refractivity contribution in [3.05, 3.63) is 12.2 Å². The number of rotatable bonds is 30. The van der Waals surface area contributed by atoms with Gasteiger partial charge in [-0.1, -0.05) is 109 Å². The number of carbonyl (C=O) groups is 1. The van der Waals surface area contributed by atoms with Crippen molar-refractivity contribution in [1.29, 1.82) is 0 Å². The van der Waals surface area contributed by atoms with Crippen molar-refractivity contribution < 1.29 is 33.5 Å². The fourth-order valence-electron chi connectivity index (χ4n) is 4.65. The molecule has 0 spiro atoms. The molecule has 1 amide bonds. The van der Waals surface area contributed by atoms with Crippen molar-refractivity contribution in [3.8, 4) is 0 Å². The van der Waals surface area contributed by atoms with Crippen LogP contribution in [0.4, 0.5) is 0 Å². The van der Waals surface area contributed by atoms with Gasteiger partial charge in [0, 0.05) is 6.54 Å². The van der Waals surface area contributed by atoms with Gasteiger partial charge in [0.2, 0.25) is 5.91 Å². The summed E-state index contributed by atoms with van der Waals surface area (Å²) in [5, 5.41) is 23.8. The van der Waals surface area contributed by atoms with Crippen LogP contribution >= 0.6 is 7.82 Å². The summed E-state index contributed by atoms with van der Waals surface area (Å²) in [6.45, 7) is 3.94. The molecule has 0 aliphatic heterocycles. The third-order valence-electron chi connectivity index (χ3n) is 7.17. The molecule has 0 aliphatic carbocycles. The zero-order valence-corrected chi connectivity index (χ0v) is 27.0. The summed E-state index contributed by atoms with van der Waals surface area (Å²) in [5.41, 5.74) is 5.32. The van der Waals surface area contributed by atoms with Gasteiger partial charge in [-0.25, -0.2) is 4.57 Å². The molecule has 0 rings (SSSR count). The first-order valence-corrected chi connectivity index (χ1v) is 17.9. The first-order valence-electron chi connectivity index (χ1n) is 16.4. The maximum atomic E-state index is 12.6. The van der Waals surface area contributed by atoms with Crippen LogP contribution in [0.3, 0.4) is 0 Å². The van der Waals surface area contributed by atoms with Gasteiger partial charge in [-0.15, -0.1) is 0 Å². The number of nitrogens with two attached hydrogens (primary N) is 1. The zero-order chi connectivity index (χ0) is 30.6. The van der Waals surface area contributed by atoms with Crippen LogP contribution in [0.5, 0.6) is 0 Å². The lowest BCUT2D eigenvalue weighted by molar-refractivity contribution is -0.125. The van der Waals surface area contributed by atoms with Crippen LogP contribution in [0, 0.1) is 0 Å². The maximum Gasteiger partial charge on any atom is 0.472 e. The van der Waals surface area contributed by atoms with E-state index in [0.29, 0.717) is 12.8 Å². The standard InChI is InChI=1S/C31H63N2O7P/c1-3-5-7-9-11-13-14-15-16-18-20-22-28(34)26-31(36)33-29(27-40-41(37,38)39-25-24-32)30(35)23-21-19-17-12-10-8-6-4-2/h15-16,28-30,34-35H,3-14,17-27,32H2,1-2H3,(H,33,36)(H,37,38)/b16-15-. The van der Waals surface area contributed by atoms with Gasteiger partial charge >= 0.3 is 7.82 Å². The summed E-state index contributed by atoms with van der Waals surface area (Å²) in [4.78, 5) is 22.5. The normalized spacial score (nSPS) is 15.6. The maximum absolute atomic E-state index is 12.6. The largest absolute Gasteiger partial charge is 0.472 e. The number of nitrogens with one attached hydrogen (secondary N) is 1. The van der Waals surface area contributed by atoms with Crippen molar-refractivity contribution in [2.24, 2.45) is 5.73 Å². The number of phosphoric ester groups is 1. The van der Waals surface area contributed by atoms with Crippen LogP contribution in [0.1, 0.15) is 142 Å². The Balaban J connectivity index is 4.49. The summed E-state index contributed by atoms with van der Waals surface area (Å²) >= 11 is 0. The van der Waals surface area contributed by atoms with E-state index in [4.69, 9.17) is 14.8 Å². The van der Waals surface area contributed by atoms with Gasteiger partial charge in [0.25, 0.3) is 0 Å². The zero-order valence-electron chi connectivity index (χ0n) is 26.1. The summed E-state index contributed by atoms with van der Waals surface area (Å²) in [5.74, 6) is -0.435. The lowest BCUT2D eigenvalue weighted by Gasteiger charge is -2.25. The Hall–Kier alpha value is -0.800. The van der Waals surface area contributed by atoms with Gasteiger partial charge in [-0.05, 0) is 38.5 Å². The van der Waals surface area contributed by atoms with Crippen LogP contribution in [-0.4, -0.2) is 59.0 Å². The molecule has 0 bridgehead atoms. The second kappa shape index (κ2) is 28.0. The van der Waals surface area contributed by atoms with Crippen LogP contribution in [0.2, 0.25) is 0 Å². The molecule has 244 valence electrons. The molecule has 0 aromatic rings. The fourth-order valence-corrected chi connectivity index (χ4v) is 5.41. The molecule has 10 heteroatoms. The molecule has 0 aliphatic rings. The second-order valence-electron chi connectivity index (χ2n) is 11.2. The van der Waals surface area contributed by atoms with Gasteiger partial charge in [0.15, 0.2) is 0 Å². The topological polar surface area (TPSA) is 151 Å². The van der Waals surface area contributed by atoms with Gasteiger partial charge < -0.3 is 26.2 Å². The van der Waals surface area contributed by atoms with Crippen LogP contribution in [0.25, 0.3) is 0 Å². The molecule has 6 N–H and O–H groups in total. The molecule has 0 aromatic heterocycles. The van der Waals surface area contributed by atoms with E-state index in [0.717, 1.165) is 38.5 Å². The highest BCUT2D eigenvalue weighted by atomic mass is 31.2. The van der Waals surface area contributed by atoms with Crippen molar-refractivity contribution in [2.75, 3.05) is 19.8 Å². The van der Waals surface area contributed by atoms with Gasteiger partial charge in [-0.3, -0.25) is 13.8 Å². The lowest BCUT2D eigenvalue weighted by Crippen LogP contribution is -2.47. The quantitative estimate of drug-likeness (QED) is 0.0345. The number of hydrogen-bond acceptors (Lipinski definition) is 7. The Morgan fingerprint density at radius 1 is 0.805 bits per heavy atom. The van der Waals surface area contributed by atoms with Crippen LogP contribution in [-0.2, 0) is 18.4 Å². The number of aliphatic hydroxyl groups is 2. The Morgan fingerprint density at radius 2 is 1.34 bits per heavy atom. The average molecular weight is 607 g/mol. The Morgan fingerprint density at radius 3 is 1.93 bits per heavy atom. The molecule has 4 unspecified atom stereocenters. The molecule has 0 saturated heterocycles. The number of amides is 1. The highest BCUT2D eigenvalue weighted by Gasteiger charge is 2.28. The van der Waals surface area contributed by atoms with Crippen molar-refractivity contribution in [1.82, 2.24) is 5.32 Å². The average Bonchev–Trinajstić information content (AvgIpc) is 2.94. The third kappa shape index (κ3) is 26.6. The third-order valence-corrected chi connectivity index (χ3v) is 8.16. The van der Waals surface area contributed by atoms with Crippen molar-refractivity contribution in [2.45, 2.75) is 161 Å². The first-order chi connectivity index (χ1) is 19.8. The Bertz CT molecular complexity index is 681. The van der Waals surface area contributed by atoms with E-state index >= 15 is 0 Å². The molecule has 4 atom stereocenters. The van der Waals surface area contributed by atoms with Crippen LogP contribution < -0.4 is 11.1 Å². The number of hydrogen-bond donors (Lipinski definition) is 5. The minimum Gasteiger partial charge on any atom is -0.393 e. The molecule has 41 heavy (non-hydrogen) atoms. The molecule has 0 aromatic carbocycles. The Kier molecular flexibility index (Phi) is 27.5. The SMILES string of the molecule is CCCCCCCC/C=C\CCCC(O)CC(=O)NC(COP(=O)(O)OCCN)C(O)CCCCCCCCCC. The first kappa shape index (κ1) is 40.2. The highest BCUT2D eigenvalue weighted by molar-refractivity contribution is 7.47. The predicted molar refractivity (Wildman–Crippen MR) is 168 cm³/mol. The van der Waals surface area contributed by atoms with E-state index in [1.54, 1.807) is 0 Å². The summed E-state index contributed by atoms with van der Waals surface area (Å²) in [6.07, 6.45) is 22.8. The van der Waals surface area contributed by atoms with E-state index in [9.17, 15) is 24.5 Å². The molecule has 0 heterocycles. The lowest BCUT2D eigenvalue weighted by atomic mass is 10.0. The van der Waals surface area contributed by atoms with E-state index in [1.165, 1.54) is 70.6 Å². The minimum absolute atomic E-state index is 0.0575. The molecular formula is C31H63N2O7P. The smallest absolute Gasteiger partial charge is 0.393 e. The number of unbranched alkanes of at least 4 members (excludes halogenated alkanes) is 14. The monoisotopic (exact) mass is 606 g/mol. The molecule has 0 saturated carbocycles. The van der Waals surface area contributed by atoms with E-state index in [-0.39, 0.29) is 26.2 Å². The number of allylic oxidation sites excluding steroid dienone is 2. The second-order valence-corrected chi connectivity index (χ2v) is 12.7. The number of phosphoric acid groups is 1. The fraction of sp³-hybridized carbons (Fsp3) is 0.903. The summed E-state index contributed by atoms with van der Waals surface area (Å²) in [6, 6.07) is -0.897. The molecule has 0 fully saturated rings. The van der Waals surface area contributed by atoms with E-state index in [1.807, 2.05) is 0 Å². The summed E-state index contributed by atoms with van der Waals surface area (Å²) in [7, 11) is -4.36. The van der Waals surface area contributed by atoms with Crippen molar-refractivity contribution in [3.63, 3.8) is 0 Å². The number of aliphatic hydroxyl groups excluding tert-OH is 2. The molecule has 0 radical (unpaired) electrons. The van der Waals surface area contributed by atoms with Crippen molar-refractivity contribution >= 4 is 13.7 Å². The summed E-state index contributed by atoms with van der Waals surface area (Å²) < 4.78 is 21.9. The van der Waals surface area contributed by atoms with E-state index < -0.39 is 32.0 Å². The highest BCUT2D eigenvalue weighted by Crippen LogP contribution is 2.43. The van der Waals surface area contributed by atoms with E-state index in [2.05, 4.69) is 31.3 Å². The number of carbonyl (C=O) groups excluding carboxylic acids is 1. The van der Waals surface area contributed by atoms with Gasteiger partial charge in [-0.2, -0.15) is 0 Å². The Labute approximate surface area is 250 Å². The molecular weight excluding hydrogens is 543 g/mol. The predicted octanol–water partition coefficient (Wildman–Crippen LogP) is 6.68. The van der Waals surface area contributed by atoms with Crippen LogP contribution in [0.15, 0.2) is 12.2 Å².